The van der Waals surface area contributed by atoms with Gasteiger partial charge in [-0.15, -0.1) is 0 Å². The van der Waals surface area contributed by atoms with E-state index in [1.54, 1.807) is 24.3 Å². The van der Waals surface area contributed by atoms with Crippen LogP contribution in [0.2, 0.25) is 0 Å². The van der Waals surface area contributed by atoms with E-state index >= 15 is 0 Å². The molecule has 27 heavy (non-hydrogen) atoms. The molecule has 1 aromatic heterocycles. The first kappa shape index (κ1) is 20.7. The van der Waals surface area contributed by atoms with Crippen LogP contribution in [0.1, 0.15) is 73.4 Å². The van der Waals surface area contributed by atoms with Gasteiger partial charge in [0.25, 0.3) is 5.91 Å². The third-order valence-electron chi connectivity index (χ3n) is 4.71. The van der Waals surface area contributed by atoms with Gasteiger partial charge < -0.3 is 10.6 Å². The molecule has 1 aromatic carbocycles. The number of nitrogens with zero attached hydrogens (tertiary/aromatic N) is 2. The first-order valence-corrected chi connectivity index (χ1v) is 9.62. The number of rotatable bonds is 8. The Morgan fingerprint density at radius 2 is 1.81 bits per heavy atom. The van der Waals surface area contributed by atoms with Crippen molar-refractivity contribution in [2.45, 2.75) is 66.5 Å². The number of aryl methyl sites for hydroxylation is 2. The number of benzene rings is 1. The molecule has 0 aliphatic heterocycles. The Balaban J connectivity index is 2.01. The molecule has 0 radical (unpaired) electrons. The van der Waals surface area contributed by atoms with Crippen molar-refractivity contribution in [2.24, 2.45) is 0 Å². The van der Waals surface area contributed by atoms with Crippen LogP contribution in [0.15, 0.2) is 24.3 Å². The highest BCUT2D eigenvalue weighted by Gasteiger charge is 2.19. The van der Waals surface area contributed by atoms with E-state index in [1.165, 1.54) is 0 Å². The largest absolute Gasteiger partial charge is 0.345 e. The normalized spacial score (nSPS) is 11.9. The van der Waals surface area contributed by atoms with Gasteiger partial charge in [-0.1, -0.05) is 13.3 Å². The summed E-state index contributed by atoms with van der Waals surface area (Å²) in [7, 11) is 0. The number of carbonyl (C=O) groups is 2. The zero-order valence-corrected chi connectivity index (χ0v) is 16.9. The van der Waals surface area contributed by atoms with E-state index in [0.717, 1.165) is 36.3 Å². The van der Waals surface area contributed by atoms with Gasteiger partial charge in [-0.2, -0.15) is 5.10 Å². The Hall–Kier alpha value is -2.63. The molecule has 0 bridgehead atoms. The van der Waals surface area contributed by atoms with Crippen LogP contribution in [0.5, 0.6) is 0 Å². The van der Waals surface area contributed by atoms with E-state index in [1.807, 2.05) is 25.5 Å². The summed E-state index contributed by atoms with van der Waals surface area (Å²) >= 11 is 0. The fourth-order valence-corrected chi connectivity index (χ4v) is 3.26. The van der Waals surface area contributed by atoms with Crippen LogP contribution in [0.4, 0.5) is 5.69 Å². The average molecular weight is 370 g/mol. The minimum atomic E-state index is -0.144. The van der Waals surface area contributed by atoms with Crippen LogP contribution in [0, 0.1) is 13.8 Å². The lowest BCUT2D eigenvalue weighted by Gasteiger charge is -2.15. The number of aromatic nitrogens is 2. The average Bonchev–Trinajstić information content (AvgIpc) is 2.94. The van der Waals surface area contributed by atoms with Gasteiger partial charge in [-0.3, -0.25) is 14.3 Å². The molecule has 0 spiro atoms. The fraction of sp³-hybridized carbons (Fsp3) is 0.476. The summed E-state index contributed by atoms with van der Waals surface area (Å²) in [5.74, 6) is -0.143. The van der Waals surface area contributed by atoms with Crippen molar-refractivity contribution in [2.75, 3.05) is 5.32 Å². The summed E-state index contributed by atoms with van der Waals surface area (Å²) in [6, 6.07) is 6.84. The predicted octanol–water partition coefficient (Wildman–Crippen LogP) is 4.14. The lowest BCUT2D eigenvalue weighted by atomic mass is 10.1. The number of hydrogen-bond donors (Lipinski definition) is 2. The minimum Gasteiger partial charge on any atom is -0.345 e. The van der Waals surface area contributed by atoms with Crippen LogP contribution in [-0.2, 0) is 11.3 Å². The molecule has 1 atom stereocenters. The second-order valence-electron chi connectivity index (χ2n) is 6.82. The van der Waals surface area contributed by atoms with Crippen molar-refractivity contribution < 1.29 is 9.59 Å². The molecule has 0 saturated heterocycles. The van der Waals surface area contributed by atoms with Crippen molar-refractivity contribution in [3.63, 3.8) is 0 Å². The zero-order chi connectivity index (χ0) is 20.0. The molecule has 2 rings (SSSR count). The minimum absolute atomic E-state index is 0.00144. The Morgan fingerprint density at radius 3 is 2.37 bits per heavy atom. The highest BCUT2D eigenvalue weighted by molar-refractivity contribution is 5.96. The number of hydrogen-bond acceptors (Lipinski definition) is 3. The summed E-state index contributed by atoms with van der Waals surface area (Å²) in [5, 5.41) is 10.4. The van der Waals surface area contributed by atoms with Gasteiger partial charge in [0.2, 0.25) is 5.91 Å². The third-order valence-corrected chi connectivity index (χ3v) is 4.71. The van der Waals surface area contributed by atoms with Gasteiger partial charge in [0.1, 0.15) is 0 Å². The van der Waals surface area contributed by atoms with E-state index in [9.17, 15) is 9.59 Å². The van der Waals surface area contributed by atoms with Crippen LogP contribution in [-0.4, -0.2) is 21.6 Å². The summed E-state index contributed by atoms with van der Waals surface area (Å²) in [4.78, 5) is 24.4. The van der Waals surface area contributed by atoms with E-state index in [4.69, 9.17) is 0 Å². The fourth-order valence-electron chi connectivity index (χ4n) is 3.26. The van der Waals surface area contributed by atoms with Gasteiger partial charge in [0.15, 0.2) is 0 Å². The Bertz CT molecular complexity index is 793. The lowest BCUT2D eigenvalue weighted by molar-refractivity contribution is -0.116. The molecule has 0 aliphatic carbocycles. The first-order valence-electron chi connectivity index (χ1n) is 9.62. The van der Waals surface area contributed by atoms with E-state index < -0.39 is 0 Å². The van der Waals surface area contributed by atoms with E-state index in [2.05, 4.69) is 29.6 Å². The molecule has 2 aromatic rings. The Morgan fingerprint density at radius 1 is 1.15 bits per heavy atom. The van der Waals surface area contributed by atoms with Gasteiger partial charge in [-0.05, 0) is 58.4 Å². The second kappa shape index (κ2) is 9.35. The number of amides is 2. The quantitative estimate of drug-likeness (QED) is 0.733. The molecule has 6 heteroatoms. The van der Waals surface area contributed by atoms with Crippen LogP contribution in [0.25, 0.3) is 0 Å². The Labute approximate surface area is 161 Å². The summed E-state index contributed by atoms with van der Waals surface area (Å²) in [5.41, 5.74) is 4.34. The van der Waals surface area contributed by atoms with Crippen molar-refractivity contribution in [1.82, 2.24) is 15.1 Å². The molecular formula is C21H30N4O2. The Kier molecular flexibility index (Phi) is 7.16. The van der Waals surface area contributed by atoms with Crippen molar-refractivity contribution in [1.29, 1.82) is 0 Å². The first-order chi connectivity index (χ1) is 12.9. The highest BCUT2D eigenvalue weighted by atomic mass is 16.2. The zero-order valence-electron chi connectivity index (χ0n) is 16.9. The molecule has 6 nitrogen and oxygen atoms in total. The van der Waals surface area contributed by atoms with E-state index in [0.29, 0.717) is 17.7 Å². The van der Waals surface area contributed by atoms with Gasteiger partial charge >= 0.3 is 0 Å². The van der Waals surface area contributed by atoms with Crippen LogP contribution in [0.3, 0.4) is 0 Å². The molecule has 2 amide bonds. The number of carbonyl (C=O) groups excluding carboxylic acids is 2. The maximum atomic E-state index is 12.6. The lowest BCUT2D eigenvalue weighted by Crippen LogP contribution is -2.27. The monoisotopic (exact) mass is 370 g/mol. The smallest absolute Gasteiger partial charge is 0.251 e. The molecular weight excluding hydrogens is 340 g/mol. The third kappa shape index (κ3) is 5.18. The van der Waals surface area contributed by atoms with Gasteiger partial charge in [-0.25, -0.2) is 0 Å². The second-order valence-corrected chi connectivity index (χ2v) is 6.82. The maximum absolute atomic E-state index is 12.6. The van der Waals surface area contributed by atoms with E-state index in [-0.39, 0.29) is 17.9 Å². The SMILES string of the molecule is CCCCC(=O)Nc1ccc(C(=O)N[C@H](C)c2c(C)nn(CC)c2C)cc1. The number of nitrogens with one attached hydrogen (secondary N) is 2. The van der Waals surface area contributed by atoms with Crippen molar-refractivity contribution in [3.05, 3.63) is 46.8 Å². The molecule has 0 aliphatic rings. The summed E-state index contributed by atoms with van der Waals surface area (Å²) in [6.45, 7) is 10.9. The molecule has 1 heterocycles. The molecule has 0 fully saturated rings. The summed E-state index contributed by atoms with van der Waals surface area (Å²) < 4.78 is 1.95. The topological polar surface area (TPSA) is 76.0 Å². The maximum Gasteiger partial charge on any atom is 0.251 e. The molecule has 146 valence electrons. The summed E-state index contributed by atoms with van der Waals surface area (Å²) in [6.07, 6.45) is 2.37. The van der Waals surface area contributed by atoms with Crippen molar-refractivity contribution in [3.8, 4) is 0 Å². The van der Waals surface area contributed by atoms with Crippen LogP contribution >= 0.6 is 0 Å². The molecule has 2 N–H and O–H groups in total. The number of anilines is 1. The van der Waals surface area contributed by atoms with Gasteiger partial charge in [0.05, 0.1) is 11.7 Å². The standard InChI is InChI=1S/C21H30N4O2/c1-6-8-9-19(26)23-18-12-10-17(11-13-18)21(27)22-14(3)20-15(4)24-25(7-2)16(20)5/h10-14H,6-9H2,1-5H3,(H,22,27)(H,23,26)/t14-/m1/s1. The number of unbranched alkanes of at least 4 members (excludes halogenated alkanes) is 1. The van der Waals surface area contributed by atoms with Gasteiger partial charge in [0, 0.05) is 35.5 Å². The molecule has 0 unspecified atom stereocenters. The van der Waals surface area contributed by atoms with Crippen LogP contribution < -0.4 is 10.6 Å². The predicted molar refractivity (Wildman–Crippen MR) is 108 cm³/mol. The highest BCUT2D eigenvalue weighted by Crippen LogP contribution is 2.22. The molecule has 0 saturated carbocycles. The van der Waals surface area contributed by atoms with Crippen molar-refractivity contribution >= 4 is 17.5 Å².